The van der Waals surface area contributed by atoms with Crippen molar-refractivity contribution in [3.05, 3.63) is 63.2 Å². The molecule has 0 aliphatic heterocycles. The Bertz CT molecular complexity index is 686. The van der Waals surface area contributed by atoms with E-state index in [-0.39, 0.29) is 22.1 Å². The van der Waals surface area contributed by atoms with Crippen molar-refractivity contribution in [2.45, 2.75) is 0 Å². The summed E-state index contributed by atoms with van der Waals surface area (Å²) in [6.07, 6.45) is 0. The largest absolute Gasteiger partial charge is 0.507 e. The van der Waals surface area contributed by atoms with E-state index in [0.717, 1.165) is 6.07 Å². The van der Waals surface area contributed by atoms with Gasteiger partial charge in [-0.15, -0.1) is 0 Å². The molecule has 6 nitrogen and oxygen atoms in total. The molecule has 0 bridgehead atoms. The van der Waals surface area contributed by atoms with E-state index in [4.69, 9.17) is 16.3 Å². The maximum Gasteiger partial charge on any atom is 0.347 e. The minimum Gasteiger partial charge on any atom is -0.507 e. The van der Waals surface area contributed by atoms with Gasteiger partial charge < -0.3 is 9.84 Å². The molecular weight excluding hydrogens is 286 g/mol. The fourth-order valence-electron chi connectivity index (χ4n) is 1.52. The molecule has 1 N–H and O–H groups in total. The minimum absolute atomic E-state index is 0.0863. The number of nitrogens with zero attached hydrogens (tertiary/aromatic N) is 1. The van der Waals surface area contributed by atoms with E-state index in [0.29, 0.717) is 0 Å². The van der Waals surface area contributed by atoms with Crippen molar-refractivity contribution >= 4 is 23.3 Å². The van der Waals surface area contributed by atoms with Crippen LogP contribution in [0.15, 0.2) is 42.5 Å². The lowest BCUT2D eigenvalue weighted by atomic mass is 10.2. The number of benzene rings is 2. The van der Waals surface area contributed by atoms with Crippen molar-refractivity contribution in [1.82, 2.24) is 0 Å². The highest BCUT2D eigenvalue weighted by Crippen LogP contribution is 2.31. The second-order valence-electron chi connectivity index (χ2n) is 3.78. The summed E-state index contributed by atoms with van der Waals surface area (Å²) in [5, 5.41) is 20.5. The van der Waals surface area contributed by atoms with Crippen molar-refractivity contribution in [3.8, 4) is 11.5 Å². The number of nitro benzene ring substituents is 1. The first-order chi connectivity index (χ1) is 9.49. The van der Waals surface area contributed by atoms with Gasteiger partial charge in [0.2, 0.25) is 5.75 Å². The molecule has 0 saturated heterocycles. The van der Waals surface area contributed by atoms with E-state index < -0.39 is 16.6 Å². The van der Waals surface area contributed by atoms with E-state index >= 15 is 0 Å². The van der Waals surface area contributed by atoms with Crippen LogP contribution in [0.2, 0.25) is 5.02 Å². The van der Waals surface area contributed by atoms with Crippen molar-refractivity contribution < 1.29 is 19.6 Å². The summed E-state index contributed by atoms with van der Waals surface area (Å²) in [6.45, 7) is 0. The van der Waals surface area contributed by atoms with Crippen LogP contribution >= 0.6 is 11.6 Å². The van der Waals surface area contributed by atoms with Crippen LogP contribution in [-0.4, -0.2) is 16.0 Å². The molecule has 7 heteroatoms. The zero-order valence-electron chi connectivity index (χ0n) is 9.95. The first-order valence-corrected chi connectivity index (χ1v) is 5.81. The topological polar surface area (TPSA) is 89.7 Å². The summed E-state index contributed by atoms with van der Waals surface area (Å²) in [5.74, 6) is -1.41. The van der Waals surface area contributed by atoms with Crippen LogP contribution in [0.1, 0.15) is 10.4 Å². The minimum atomic E-state index is -0.895. The van der Waals surface area contributed by atoms with Crippen molar-refractivity contribution in [2.24, 2.45) is 0 Å². The molecule has 2 aromatic carbocycles. The average molecular weight is 294 g/mol. The van der Waals surface area contributed by atoms with Gasteiger partial charge in [-0.05, 0) is 24.3 Å². The highest BCUT2D eigenvalue weighted by Gasteiger charge is 2.20. The fraction of sp³-hybridized carbons (Fsp3) is 0. The molecule has 102 valence electrons. The number of phenolic OH excluding ortho intramolecular Hbond substituents is 1. The molecule has 0 fully saturated rings. The summed E-state index contributed by atoms with van der Waals surface area (Å²) in [5.41, 5.74) is -0.516. The lowest BCUT2D eigenvalue weighted by molar-refractivity contribution is -0.385. The van der Waals surface area contributed by atoms with Crippen molar-refractivity contribution in [1.29, 1.82) is 0 Å². The Morgan fingerprint density at radius 2 is 1.95 bits per heavy atom. The SMILES string of the molecule is O=C(Oc1ccc(Cl)cc1[N+](=O)[O-])c1ccccc1O. The van der Waals surface area contributed by atoms with Crippen molar-refractivity contribution in [3.63, 3.8) is 0 Å². The van der Waals surface area contributed by atoms with Gasteiger partial charge in [-0.1, -0.05) is 23.7 Å². The van der Waals surface area contributed by atoms with E-state index in [9.17, 15) is 20.0 Å². The Labute approximate surface area is 118 Å². The molecule has 0 heterocycles. The lowest BCUT2D eigenvalue weighted by Crippen LogP contribution is -2.09. The maximum atomic E-state index is 11.9. The van der Waals surface area contributed by atoms with Gasteiger partial charge in [0.15, 0.2) is 0 Å². The van der Waals surface area contributed by atoms with Gasteiger partial charge in [0.05, 0.1) is 4.92 Å². The molecular formula is C13H8ClNO5. The number of esters is 1. The summed E-state index contributed by atoms with van der Waals surface area (Å²) in [4.78, 5) is 22.0. The number of aromatic hydroxyl groups is 1. The molecule has 2 rings (SSSR count). The molecule has 0 spiro atoms. The smallest absolute Gasteiger partial charge is 0.347 e. The van der Waals surface area contributed by atoms with E-state index in [1.807, 2.05) is 0 Å². The molecule has 0 amide bonds. The predicted octanol–water partition coefficient (Wildman–Crippen LogP) is 3.17. The summed E-state index contributed by atoms with van der Waals surface area (Å²) >= 11 is 5.65. The van der Waals surface area contributed by atoms with E-state index in [2.05, 4.69) is 0 Å². The van der Waals surface area contributed by atoms with Gasteiger partial charge in [0.1, 0.15) is 11.3 Å². The Kier molecular flexibility index (Phi) is 3.86. The van der Waals surface area contributed by atoms with Gasteiger partial charge in [-0.25, -0.2) is 4.79 Å². The van der Waals surface area contributed by atoms with Crippen LogP contribution in [0.5, 0.6) is 11.5 Å². The number of phenols is 1. The van der Waals surface area contributed by atoms with Crippen LogP contribution in [0, 0.1) is 10.1 Å². The number of hydrogen-bond acceptors (Lipinski definition) is 5. The summed E-state index contributed by atoms with van der Waals surface area (Å²) in [7, 11) is 0. The van der Waals surface area contributed by atoms with Gasteiger partial charge in [-0.3, -0.25) is 10.1 Å². The highest BCUT2D eigenvalue weighted by molar-refractivity contribution is 6.30. The maximum absolute atomic E-state index is 11.9. The molecule has 0 atom stereocenters. The number of rotatable bonds is 3. The van der Waals surface area contributed by atoms with E-state index in [1.165, 1.54) is 36.4 Å². The Morgan fingerprint density at radius 1 is 1.25 bits per heavy atom. The molecule has 0 aliphatic rings. The van der Waals surface area contributed by atoms with Gasteiger partial charge in [0.25, 0.3) is 0 Å². The summed E-state index contributed by atoms with van der Waals surface area (Å²) < 4.78 is 4.93. The molecule has 2 aromatic rings. The number of para-hydroxylation sites is 1. The highest BCUT2D eigenvalue weighted by atomic mass is 35.5. The third-order valence-corrected chi connectivity index (χ3v) is 2.68. The molecule has 0 radical (unpaired) electrons. The van der Waals surface area contributed by atoms with Crippen LogP contribution < -0.4 is 4.74 Å². The average Bonchev–Trinajstić information content (AvgIpc) is 2.41. The second kappa shape index (κ2) is 5.58. The molecule has 0 saturated carbocycles. The van der Waals surface area contributed by atoms with Crippen LogP contribution in [0.3, 0.4) is 0 Å². The molecule has 20 heavy (non-hydrogen) atoms. The van der Waals surface area contributed by atoms with Crippen LogP contribution in [0.4, 0.5) is 5.69 Å². The number of hydrogen-bond donors (Lipinski definition) is 1. The zero-order valence-corrected chi connectivity index (χ0v) is 10.7. The third kappa shape index (κ3) is 2.86. The summed E-state index contributed by atoms with van der Waals surface area (Å²) in [6, 6.07) is 9.39. The number of halogens is 1. The van der Waals surface area contributed by atoms with Crippen molar-refractivity contribution in [2.75, 3.05) is 0 Å². The van der Waals surface area contributed by atoms with Gasteiger partial charge in [-0.2, -0.15) is 0 Å². The Morgan fingerprint density at radius 3 is 2.60 bits per heavy atom. The van der Waals surface area contributed by atoms with E-state index in [1.54, 1.807) is 0 Å². The number of carbonyl (C=O) groups excluding carboxylic acids is 1. The van der Waals surface area contributed by atoms with Gasteiger partial charge in [0, 0.05) is 11.1 Å². The number of ether oxygens (including phenoxy) is 1. The first-order valence-electron chi connectivity index (χ1n) is 5.43. The quantitative estimate of drug-likeness (QED) is 0.406. The molecule has 0 aromatic heterocycles. The third-order valence-electron chi connectivity index (χ3n) is 2.44. The first kappa shape index (κ1) is 13.8. The second-order valence-corrected chi connectivity index (χ2v) is 4.21. The Balaban J connectivity index is 2.33. The monoisotopic (exact) mass is 293 g/mol. The van der Waals surface area contributed by atoms with Gasteiger partial charge >= 0.3 is 11.7 Å². The molecule has 0 aliphatic carbocycles. The number of carbonyl (C=O) groups is 1. The molecule has 0 unspecified atom stereocenters. The zero-order chi connectivity index (χ0) is 14.7. The number of nitro groups is 1. The Hall–Kier alpha value is -2.60. The predicted molar refractivity (Wildman–Crippen MR) is 71.2 cm³/mol. The fourth-order valence-corrected chi connectivity index (χ4v) is 1.69. The standard InChI is InChI=1S/C13H8ClNO5/c14-8-5-6-12(10(7-8)15(18)19)20-13(17)9-3-1-2-4-11(9)16/h1-7,16H. The lowest BCUT2D eigenvalue weighted by Gasteiger charge is -2.06. The van der Waals surface area contributed by atoms with Crippen LogP contribution in [0.25, 0.3) is 0 Å². The van der Waals surface area contributed by atoms with Crippen LogP contribution in [-0.2, 0) is 0 Å². The normalized spacial score (nSPS) is 10.1.